The number of aromatic nitrogens is 2. The Morgan fingerprint density at radius 1 is 0.927 bits per heavy atom. The third-order valence-electron chi connectivity index (χ3n) is 7.09. The molecule has 208 valence electrons. The van der Waals surface area contributed by atoms with Crippen molar-refractivity contribution < 1.29 is 24.9 Å². The largest absolute Gasteiger partial charge is 0.507 e. The van der Waals surface area contributed by atoms with E-state index in [2.05, 4.69) is 9.97 Å². The minimum Gasteiger partial charge on any atom is -0.507 e. The van der Waals surface area contributed by atoms with Gasteiger partial charge in [0.15, 0.2) is 0 Å². The Morgan fingerprint density at radius 3 is 2.22 bits per heavy atom. The number of carboxylic acids is 1. The van der Waals surface area contributed by atoms with Crippen LogP contribution in [0.1, 0.15) is 51.5 Å². The molecule has 0 saturated heterocycles. The van der Waals surface area contributed by atoms with Crippen LogP contribution in [-0.2, 0) is 5.60 Å². The van der Waals surface area contributed by atoms with Gasteiger partial charge in [-0.1, -0.05) is 71.7 Å². The zero-order valence-electron chi connectivity index (χ0n) is 21.6. The fourth-order valence-electron chi connectivity index (χ4n) is 4.82. The number of nitrogens with one attached hydrogen (secondary N) is 1. The molecule has 1 saturated carbocycles. The second-order valence-electron chi connectivity index (χ2n) is 9.76. The summed E-state index contributed by atoms with van der Waals surface area (Å²) < 4.78 is 5.82. The lowest BCUT2D eigenvalue weighted by Crippen LogP contribution is -2.40. The zero-order chi connectivity index (χ0) is 29.1. The van der Waals surface area contributed by atoms with E-state index in [9.17, 15) is 20.1 Å². The highest BCUT2D eigenvalue weighted by atomic mass is 35.5. The minimum atomic E-state index is -1.20. The first-order valence-corrected chi connectivity index (χ1v) is 13.4. The van der Waals surface area contributed by atoms with E-state index in [4.69, 9.17) is 33.3 Å². The van der Waals surface area contributed by atoms with Crippen LogP contribution in [0.5, 0.6) is 5.88 Å². The van der Waals surface area contributed by atoms with E-state index < -0.39 is 11.6 Å². The van der Waals surface area contributed by atoms with E-state index in [1.807, 2.05) is 12.1 Å². The maximum atomic E-state index is 11.3. The van der Waals surface area contributed by atoms with Crippen molar-refractivity contribution in [2.24, 2.45) is 0 Å². The monoisotopic (exact) mass is 589 g/mol. The number of halogens is 2. The predicted octanol–water partition coefficient (Wildman–Crippen LogP) is 6.66. The quantitative estimate of drug-likeness (QED) is 0.126. The summed E-state index contributed by atoms with van der Waals surface area (Å²) in [5.41, 5.74) is 1.00. The average Bonchev–Trinajstić information content (AvgIpc) is 2.96. The molecule has 0 bridgehead atoms. The van der Waals surface area contributed by atoms with Gasteiger partial charge >= 0.3 is 5.97 Å². The van der Waals surface area contributed by atoms with E-state index in [1.54, 1.807) is 54.6 Å². The highest BCUT2D eigenvalue weighted by Crippen LogP contribution is 2.50. The smallest absolute Gasteiger partial charge is 0.335 e. The number of ether oxygens (including phenoxy) is 1. The Kier molecular flexibility index (Phi) is 8.08. The zero-order valence-corrected chi connectivity index (χ0v) is 23.1. The minimum absolute atomic E-state index is 0.00618. The number of aliphatic hydroxyl groups excluding tert-OH is 1. The van der Waals surface area contributed by atoms with E-state index in [-0.39, 0.29) is 56.6 Å². The SMILES string of the molecule is N=C(/C(COc1cnc(C2(O)CC(c3cccc(C(=O)O)c3)C2)cn1)=C(\O)c1ccccc1)c1c(Cl)cccc1Cl. The molecule has 4 N–H and O–H groups in total. The number of benzene rings is 3. The van der Waals surface area contributed by atoms with Gasteiger partial charge in [-0.15, -0.1) is 0 Å². The van der Waals surface area contributed by atoms with Crippen LogP contribution < -0.4 is 4.74 Å². The van der Waals surface area contributed by atoms with Crippen LogP contribution in [0.15, 0.2) is 90.8 Å². The van der Waals surface area contributed by atoms with Crippen molar-refractivity contribution in [2.45, 2.75) is 24.4 Å². The molecule has 1 aliphatic carbocycles. The molecule has 0 spiro atoms. The lowest BCUT2D eigenvalue weighted by molar-refractivity contribution is -0.0590. The summed E-state index contributed by atoms with van der Waals surface area (Å²) in [4.78, 5) is 19.9. The van der Waals surface area contributed by atoms with Gasteiger partial charge in [0, 0.05) is 11.1 Å². The Balaban J connectivity index is 1.32. The Morgan fingerprint density at radius 2 is 1.59 bits per heavy atom. The number of rotatable bonds is 9. The normalized spacial score (nSPS) is 18.7. The van der Waals surface area contributed by atoms with E-state index in [0.29, 0.717) is 24.1 Å². The molecule has 0 radical (unpaired) electrons. The number of hydrogen-bond acceptors (Lipinski definition) is 7. The first-order valence-electron chi connectivity index (χ1n) is 12.7. The van der Waals surface area contributed by atoms with Gasteiger partial charge in [0.1, 0.15) is 18.0 Å². The Labute approximate surface area is 246 Å². The third-order valence-corrected chi connectivity index (χ3v) is 7.72. The Bertz CT molecular complexity index is 1620. The second kappa shape index (κ2) is 11.7. The molecule has 0 unspecified atom stereocenters. The summed E-state index contributed by atoms with van der Waals surface area (Å²) in [6, 6.07) is 20.3. The summed E-state index contributed by atoms with van der Waals surface area (Å²) >= 11 is 12.7. The molecule has 0 amide bonds. The topological polar surface area (TPSA) is 137 Å². The molecule has 0 aliphatic heterocycles. The number of carboxylic acid groups (broad SMARTS) is 1. The van der Waals surface area contributed by atoms with Crippen LogP contribution in [0.4, 0.5) is 0 Å². The number of aliphatic hydroxyl groups is 2. The van der Waals surface area contributed by atoms with Gasteiger partial charge in [-0.2, -0.15) is 0 Å². The number of nitrogens with zero attached hydrogens (tertiary/aromatic N) is 2. The number of carbonyl (C=O) groups is 1. The van der Waals surface area contributed by atoms with Gasteiger partial charge in [0.25, 0.3) is 0 Å². The molecule has 1 heterocycles. The van der Waals surface area contributed by atoms with Crippen LogP contribution in [0.3, 0.4) is 0 Å². The van der Waals surface area contributed by atoms with Crippen molar-refractivity contribution in [3.05, 3.63) is 129 Å². The standard InChI is InChI=1S/C31H25Cl2N3O5/c32-23-10-5-11-24(33)27(23)28(34)22(29(37)18-6-2-1-3-7-18)17-41-26-16-35-25(15-36-26)31(40)13-21(14-31)19-8-4-9-20(12-19)30(38)39/h1-12,15-16,21,34,37,40H,13-14,17H2,(H,38,39)/b29-22-,34-28?. The van der Waals surface area contributed by atoms with Crippen LogP contribution in [0.25, 0.3) is 5.76 Å². The fraction of sp³-hybridized carbons (Fsp3) is 0.161. The van der Waals surface area contributed by atoms with Crippen molar-refractivity contribution in [2.75, 3.05) is 6.61 Å². The van der Waals surface area contributed by atoms with Crippen LogP contribution >= 0.6 is 23.2 Å². The molecular weight excluding hydrogens is 565 g/mol. The predicted molar refractivity (Wildman–Crippen MR) is 156 cm³/mol. The first-order chi connectivity index (χ1) is 19.7. The Hall–Kier alpha value is -4.24. The molecule has 41 heavy (non-hydrogen) atoms. The molecule has 1 aromatic heterocycles. The third kappa shape index (κ3) is 5.95. The van der Waals surface area contributed by atoms with Gasteiger partial charge in [-0.3, -0.25) is 10.4 Å². The first kappa shape index (κ1) is 28.3. The lowest BCUT2D eigenvalue weighted by Gasteiger charge is -2.43. The van der Waals surface area contributed by atoms with Crippen LogP contribution in [-0.4, -0.2) is 43.6 Å². The average molecular weight is 590 g/mol. The van der Waals surface area contributed by atoms with Crippen molar-refractivity contribution in [1.82, 2.24) is 9.97 Å². The second-order valence-corrected chi connectivity index (χ2v) is 10.6. The highest BCUT2D eigenvalue weighted by molar-refractivity contribution is 6.41. The van der Waals surface area contributed by atoms with Gasteiger partial charge < -0.3 is 20.1 Å². The van der Waals surface area contributed by atoms with Gasteiger partial charge in [0.2, 0.25) is 5.88 Å². The van der Waals surface area contributed by atoms with Crippen molar-refractivity contribution in [1.29, 1.82) is 5.41 Å². The van der Waals surface area contributed by atoms with E-state index in [1.165, 1.54) is 18.5 Å². The molecular formula is C31H25Cl2N3O5. The molecule has 3 aromatic carbocycles. The van der Waals surface area contributed by atoms with Crippen molar-refractivity contribution in [3.63, 3.8) is 0 Å². The molecule has 8 nitrogen and oxygen atoms in total. The number of aromatic carboxylic acids is 1. The maximum absolute atomic E-state index is 11.3. The summed E-state index contributed by atoms with van der Waals surface area (Å²) in [7, 11) is 0. The van der Waals surface area contributed by atoms with Crippen molar-refractivity contribution >= 4 is 40.6 Å². The van der Waals surface area contributed by atoms with Crippen LogP contribution in [0, 0.1) is 5.41 Å². The molecule has 4 aromatic rings. The highest BCUT2D eigenvalue weighted by Gasteiger charge is 2.46. The van der Waals surface area contributed by atoms with Gasteiger partial charge in [-0.25, -0.2) is 9.78 Å². The van der Waals surface area contributed by atoms with Crippen molar-refractivity contribution in [3.8, 4) is 5.88 Å². The van der Waals surface area contributed by atoms with Crippen LogP contribution in [0.2, 0.25) is 10.0 Å². The van der Waals surface area contributed by atoms with E-state index >= 15 is 0 Å². The summed E-state index contributed by atoms with van der Waals surface area (Å²) in [6.07, 6.45) is 3.54. The summed E-state index contributed by atoms with van der Waals surface area (Å²) in [6.45, 7) is -0.235. The lowest BCUT2D eigenvalue weighted by atomic mass is 9.66. The summed E-state index contributed by atoms with van der Waals surface area (Å²) in [5, 5.41) is 40.8. The fourth-order valence-corrected chi connectivity index (χ4v) is 5.41. The molecule has 5 rings (SSSR count). The van der Waals surface area contributed by atoms with Gasteiger partial charge in [0.05, 0.1) is 45.0 Å². The molecule has 1 fully saturated rings. The molecule has 1 aliphatic rings. The molecule has 10 heteroatoms. The molecule has 0 atom stereocenters. The van der Waals surface area contributed by atoms with E-state index in [0.717, 1.165) is 5.56 Å². The number of hydrogen-bond donors (Lipinski definition) is 4. The summed E-state index contributed by atoms with van der Waals surface area (Å²) in [5.74, 6) is -1.05. The van der Waals surface area contributed by atoms with Gasteiger partial charge in [-0.05, 0) is 48.6 Å². The maximum Gasteiger partial charge on any atom is 0.335 e.